The number of carbonyl (C=O) groups excluding carboxylic acids is 1. The van der Waals surface area contributed by atoms with Crippen LogP contribution in [0.2, 0.25) is 0 Å². The normalized spacial score (nSPS) is 17.0. The summed E-state index contributed by atoms with van der Waals surface area (Å²) in [4.78, 5) is 19.2. The molecule has 0 bridgehead atoms. The maximum atomic E-state index is 12.9. The van der Waals surface area contributed by atoms with Gasteiger partial charge in [0.05, 0.1) is 5.71 Å². The van der Waals surface area contributed by atoms with Crippen LogP contribution in [0.25, 0.3) is 5.00 Å². The van der Waals surface area contributed by atoms with Gasteiger partial charge in [0, 0.05) is 27.8 Å². The minimum atomic E-state index is -0.437. The van der Waals surface area contributed by atoms with Crippen molar-refractivity contribution in [3.8, 4) is 5.00 Å². The minimum absolute atomic E-state index is 0.151. The molecule has 0 aliphatic carbocycles. The fourth-order valence-electron chi connectivity index (χ4n) is 3.32. The average molecular weight is 409 g/mol. The van der Waals surface area contributed by atoms with Crippen LogP contribution in [0.3, 0.4) is 0 Å². The number of aromatic nitrogens is 3. The molecule has 0 saturated carbocycles. The van der Waals surface area contributed by atoms with E-state index in [-0.39, 0.29) is 12.2 Å². The van der Waals surface area contributed by atoms with E-state index in [1.54, 1.807) is 23.7 Å². The molecule has 0 amide bonds. The van der Waals surface area contributed by atoms with Crippen molar-refractivity contribution in [2.24, 2.45) is 10.4 Å². The van der Waals surface area contributed by atoms with Crippen LogP contribution in [0.1, 0.15) is 62.0 Å². The molecule has 0 radical (unpaired) electrons. The number of Topliss-reactive ketones (excluding diaryl/α,β-unsaturated/α-hetero) is 1. The maximum Gasteiger partial charge on any atom is 0.163 e. The molecule has 2 aromatic rings. The summed E-state index contributed by atoms with van der Waals surface area (Å²) >= 11 is 1.70. The lowest BCUT2D eigenvalue weighted by Crippen LogP contribution is -2.23. The third kappa shape index (κ3) is 3.94. The quantitative estimate of drug-likeness (QED) is 0.615. The molecule has 1 aliphatic rings. The van der Waals surface area contributed by atoms with Gasteiger partial charge in [0.25, 0.3) is 0 Å². The number of ketones is 1. The van der Waals surface area contributed by atoms with Crippen molar-refractivity contribution >= 4 is 22.8 Å². The van der Waals surface area contributed by atoms with E-state index < -0.39 is 11.5 Å². The second kappa shape index (κ2) is 8.03. The summed E-state index contributed by atoms with van der Waals surface area (Å²) in [6.07, 6.45) is 9.77. The molecule has 1 atom stereocenters. The molecule has 5 nitrogen and oxygen atoms in total. The first-order valence-electron chi connectivity index (χ1n) is 9.76. The molecule has 0 spiro atoms. The summed E-state index contributed by atoms with van der Waals surface area (Å²) in [5.74, 6) is 0.858. The van der Waals surface area contributed by atoms with Gasteiger partial charge < -0.3 is 0 Å². The van der Waals surface area contributed by atoms with E-state index in [2.05, 4.69) is 30.6 Å². The Kier molecular flexibility index (Phi) is 5.85. The third-order valence-corrected chi connectivity index (χ3v) is 6.32. The van der Waals surface area contributed by atoms with Crippen molar-refractivity contribution in [1.29, 1.82) is 0 Å². The number of thiophene rings is 1. The first-order valence-corrected chi connectivity index (χ1v) is 10.6. The first kappa shape index (κ1) is 21.1. The van der Waals surface area contributed by atoms with Gasteiger partial charge in [0.15, 0.2) is 5.82 Å². The molecule has 0 unspecified atom stereocenters. The van der Waals surface area contributed by atoms with Gasteiger partial charge in [0.1, 0.15) is 23.2 Å². The Morgan fingerprint density at radius 2 is 2.07 bits per heavy atom. The Morgan fingerprint density at radius 1 is 1.34 bits per heavy atom. The standard InChI is InChI=1S/C23H28N4OS/c1-8-10-16(11-9-2)20-19-14(3)15(4)29-22(19)27-13-24-26-21(27)17(25-20)12-18(28)23(5,6)7/h8-11,13,17H,1,12H2,2-7H3/b11-9-,16-10+/t17-/m0/s1. The summed E-state index contributed by atoms with van der Waals surface area (Å²) in [7, 11) is 0. The Hall–Kier alpha value is -2.60. The molecule has 152 valence electrons. The number of aryl methyl sites for hydroxylation is 1. The van der Waals surface area contributed by atoms with E-state index in [1.165, 1.54) is 10.4 Å². The van der Waals surface area contributed by atoms with Crippen LogP contribution in [0.15, 0.2) is 47.8 Å². The Bertz CT molecular complexity index is 1040. The number of hydrogen-bond acceptors (Lipinski definition) is 5. The molecule has 6 heteroatoms. The molecular weight excluding hydrogens is 380 g/mol. The first-order chi connectivity index (χ1) is 13.7. The number of fused-ring (bicyclic) bond motifs is 3. The zero-order valence-corrected chi connectivity index (χ0v) is 18.8. The van der Waals surface area contributed by atoms with Crippen LogP contribution in [-0.2, 0) is 4.79 Å². The summed E-state index contributed by atoms with van der Waals surface area (Å²) in [5, 5.41) is 9.54. The van der Waals surface area contributed by atoms with Gasteiger partial charge in [-0.1, -0.05) is 51.7 Å². The van der Waals surface area contributed by atoms with Crippen molar-refractivity contribution in [3.05, 3.63) is 64.6 Å². The fraction of sp³-hybridized carbons (Fsp3) is 0.391. The molecule has 1 aliphatic heterocycles. The van der Waals surface area contributed by atoms with Gasteiger partial charge in [-0.05, 0) is 26.3 Å². The van der Waals surface area contributed by atoms with Gasteiger partial charge in [-0.25, -0.2) is 0 Å². The minimum Gasteiger partial charge on any atom is -0.299 e. The molecule has 0 saturated heterocycles. The molecule has 0 N–H and O–H groups in total. The number of aliphatic imine (C=N–C) groups is 1. The van der Waals surface area contributed by atoms with Crippen molar-refractivity contribution in [2.75, 3.05) is 0 Å². The van der Waals surface area contributed by atoms with Crippen LogP contribution in [0.5, 0.6) is 0 Å². The molecule has 2 aromatic heterocycles. The summed E-state index contributed by atoms with van der Waals surface area (Å²) in [6.45, 7) is 15.9. The highest BCUT2D eigenvalue weighted by Gasteiger charge is 2.33. The number of carbonyl (C=O) groups is 1. The number of nitrogens with zero attached hydrogens (tertiary/aromatic N) is 4. The van der Waals surface area contributed by atoms with Gasteiger partial charge in [-0.3, -0.25) is 14.4 Å². The highest BCUT2D eigenvalue weighted by Crippen LogP contribution is 2.39. The van der Waals surface area contributed by atoms with Crippen molar-refractivity contribution in [3.63, 3.8) is 0 Å². The van der Waals surface area contributed by atoms with Gasteiger partial charge in [0.2, 0.25) is 0 Å². The number of rotatable bonds is 5. The van der Waals surface area contributed by atoms with Crippen molar-refractivity contribution in [1.82, 2.24) is 14.8 Å². The fourth-order valence-corrected chi connectivity index (χ4v) is 4.46. The van der Waals surface area contributed by atoms with Gasteiger partial charge >= 0.3 is 0 Å². The molecule has 3 heterocycles. The Morgan fingerprint density at radius 3 is 2.69 bits per heavy atom. The van der Waals surface area contributed by atoms with Crippen molar-refractivity contribution in [2.45, 2.75) is 54.0 Å². The predicted molar refractivity (Wildman–Crippen MR) is 120 cm³/mol. The van der Waals surface area contributed by atoms with Crippen LogP contribution >= 0.6 is 11.3 Å². The SMILES string of the molecule is C=C/C=C(\C=C/C)C1=N[C@@H](CC(=O)C(C)(C)C)c2nncn2-c2sc(C)c(C)c21. The highest BCUT2D eigenvalue weighted by atomic mass is 32.1. The lowest BCUT2D eigenvalue weighted by atomic mass is 9.87. The predicted octanol–water partition coefficient (Wildman–Crippen LogP) is 5.48. The smallest absolute Gasteiger partial charge is 0.163 e. The lowest BCUT2D eigenvalue weighted by molar-refractivity contribution is -0.126. The molecule has 29 heavy (non-hydrogen) atoms. The maximum absolute atomic E-state index is 12.9. The van der Waals surface area contributed by atoms with E-state index >= 15 is 0 Å². The summed E-state index contributed by atoms with van der Waals surface area (Å²) in [5.41, 5.74) is 3.66. The molecule has 0 aromatic carbocycles. The lowest BCUT2D eigenvalue weighted by Gasteiger charge is -2.19. The van der Waals surface area contributed by atoms with Crippen LogP contribution in [0.4, 0.5) is 0 Å². The van der Waals surface area contributed by atoms with Crippen molar-refractivity contribution < 1.29 is 4.79 Å². The largest absolute Gasteiger partial charge is 0.299 e. The van der Waals surface area contributed by atoms with Gasteiger partial charge in [-0.2, -0.15) is 0 Å². The second-order valence-corrected chi connectivity index (χ2v) is 9.45. The molecule has 0 fully saturated rings. The van der Waals surface area contributed by atoms with Gasteiger partial charge in [-0.15, -0.1) is 21.5 Å². The summed E-state index contributed by atoms with van der Waals surface area (Å²) in [6, 6.07) is -0.392. The Balaban J connectivity index is 2.28. The van der Waals surface area contributed by atoms with Crippen LogP contribution in [-0.4, -0.2) is 26.3 Å². The Labute approximate surface area is 176 Å². The van der Waals surface area contributed by atoms with E-state index in [0.717, 1.165) is 21.8 Å². The molecular formula is C23H28N4OS. The average Bonchev–Trinajstić information content (AvgIpc) is 3.20. The number of hydrogen-bond donors (Lipinski definition) is 0. The third-order valence-electron chi connectivity index (χ3n) is 5.11. The topological polar surface area (TPSA) is 60.1 Å². The van der Waals surface area contributed by atoms with E-state index in [9.17, 15) is 4.79 Å². The number of allylic oxidation sites excluding steroid dienone is 5. The zero-order valence-electron chi connectivity index (χ0n) is 18.0. The second-order valence-electron chi connectivity index (χ2n) is 8.25. The van der Waals surface area contributed by atoms with Crippen LogP contribution in [0, 0.1) is 19.3 Å². The van der Waals surface area contributed by atoms with E-state index in [4.69, 9.17) is 4.99 Å². The molecule has 3 rings (SSSR count). The zero-order chi connectivity index (χ0) is 21.3. The highest BCUT2D eigenvalue weighted by molar-refractivity contribution is 7.15. The monoisotopic (exact) mass is 408 g/mol. The van der Waals surface area contributed by atoms with E-state index in [0.29, 0.717) is 5.82 Å². The summed E-state index contributed by atoms with van der Waals surface area (Å²) < 4.78 is 2.00. The van der Waals surface area contributed by atoms with E-state index in [1.807, 2.05) is 50.5 Å². The van der Waals surface area contributed by atoms with Crippen LogP contribution < -0.4 is 0 Å².